The number of rotatable bonds is 6. The van der Waals surface area contributed by atoms with Crippen molar-refractivity contribution in [1.82, 2.24) is 34.5 Å². The molecule has 1 saturated heterocycles. The molecule has 14 heteroatoms. The monoisotopic (exact) mass is 556 g/mol. The van der Waals surface area contributed by atoms with E-state index in [-0.39, 0.29) is 42.2 Å². The second-order valence-electron chi connectivity index (χ2n) is 10.7. The molecule has 212 valence electrons. The zero-order chi connectivity index (χ0) is 28.7. The van der Waals surface area contributed by atoms with Crippen LogP contribution < -0.4 is 10.1 Å². The van der Waals surface area contributed by atoms with Gasteiger partial charge in [-0.1, -0.05) is 0 Å². The highest BCUT2D eigenvalue weighted by Gasteiger charge is 2.48. The van der Waals surface area contributed by atoms with Gasteiger partial charge in [-0.3, -0.25) is 14.5 Å². The molecule has 0 bridgehead atoms. The standard InChI is InChI=1S/C26H30F2N8O4/c1-16(23(37)33-20-11-30-22(12-29-20)40-19-5-4-17(27)10-18(19)28)34-8-9-35(25(2,3)13-34)24(38)26(39)7-6-21-31-15-32-36(21)14-26/h4-5,10-12,15-16,39H,6-9,13-14H2,1-3H3,(H,29,33,37)/t16-,26+/m1/s1. The average Bonchev–Trinajstić information content (AvgIpc) is 3.37. The molecule has 0 spiro atoms. The normalized spacial score (nSPS) is 21.4. The van der Waals surface area contributed by atoms with Crippen molar-refractivity contribution in [3.05, 3.63) is 54.4 Å². The molecule has 4 heterocycles. The lowest BCUT2D eigenvalue weighted by atomic mass is 9.88. The van der Waals surface area contributed by atoms with E-state index in [9.17, 15) is 23.5 Å². The summed E-state index contributed by atoms with van der Waals surface area (Å²) in [7, 11) is 0. The Morgan fingerprint density at radius 1 is 1.12 bits per heavy atom. The lowest BCUT2D eigenvalue weighted by Gasteiger charge is -2.50. The van der Waals surface area contributed by atoms with Gasteiger partial charge < -0.3 is 20.1 Å². The summed E-state index contributed by atoms with van der Waals surface area (Å²) in [4.78, 5) is 42.4. The van der Waals surface area contributed by atoms with E-state index in [0.29, 0.717) is 32.1 Å². The number of amides is 2. The van der Waals surface area contributed by atoms with Gasteiger partial charge in [0.1, 0.15) is 18.0 Å². The van der Waals surface area contributed by atoms with E-state index in [2.05, 4.69) is 25.4 Å². The second kappa shape index (κ2) is 10.5. The van der Waals surface area contributed by atoms with E-state index >= 15 is 0 Å². The van der Waals surface area contributed by atoms with Crippen LogP contribution in [0.15, 0.2) is 36.9 Å². The molecule has 0 aliphatic carbocycles. The Hall–Kier alpha value is -4.04. The number of anilines is 1. The summed E-state index contributed by atoms with van der Waals surface area (Å²) in [5.41, 5.74) is -2.23. The van der Waals surface area contributed by atoms with Crippen LogP contribution in [0.1, 0.15) is 33.0 Å². The van der Waals surface area contributed by atoms with Crippen LogP contribution in [0.5, 0.6) is 11.6 Å². The molecule has 5 rings (SSSR count). The number of fused-ring (bicyclic) bond motifs is 1. The molecule has 40 heavy (non-hydrogen) atoms. The first-order chi connectivity index (χ1) is 18.9. The number of aryl methyl sites for hydroxylation is 1. The van der Waals surface area contributed by atoms with Crippen molar-refractivity contribution in [2.24, 2.45) is 0 Å². The van der Waals surface area contributed by atoms with Crippen LogP contribution in [0.3, 0.4) is 0 Å². The number of benzene rings is 1. The Morgan fingerprint density at radius 3 is 2.62 bits per heavy atom. The van der Waals surface area contributed by atoms with Gasteiger partial charge in [0.05, 0.1) is 30.5 Å². The maximum absolute atomic E-state index is 13.8. The first kappa shape index (κ1) is 27.5. The zero-order valence-electron chi connectivity index (χ0n) is 22.3. The van der Waals surface area contributed by atoms with Crippen LogP contribution in [0.2, 0.25) is 0 Å². The Balaban J connectivity index is 1.18. The Morgan fingerprint density at radius 2 is 1.93 bits per heavy atom. The number of ether oxygens (including phenoxy) is 1. The summed E-state index contributed by atoms with van der Waals surface area (Å²) < 4.78 is 33.8. The van der Waals surface area contributed by atoms with Crippen molar-refractivity contribution < 1.29 is 28.2 Å². The van der Waals surface area contributed by atoms with Crippen LogP contribution >= 0.6 is 0 Å². The van der Waals surface area contributed by atoms with Crippen molar-refractivity contribution in [3.8, 4) is 11.6 Å². The van der Waals surface area contributed by atoms with Gasteiger partial charge in [0.15, 0.2) is 23.0 Å². The van der Waals surface area contributed by atoms with E-state index in [1.807, 2.05) is 18.7 Å². The maximum Gasteiger partial charge on any atom is 0.257 e. The number of carbonyl (C=O) groups is 2. The number of nitrogens with one attached hydrogen (secondary N) is 1. The summed E-state index contributed by atoms with van der Waals surface area (Å²) in [6, 6.07) is 2.34. The number of carbonyl (C=O) groups excluding carboxylic acids is 2. The first-order valence-electron chi connectivity index (χ1n) is 12.9. The van der Waals surface area contributed by atoms with Crippen molar-refractivity contribution in [2.45, 2.75) is 57.3 Å². The number of nitrogens with zero attached hydrogens (tertiary/aromatic N) is 7. The molecule has 2 aliphatic heterocycles. The topological polar surface area (TPSA) is 139 Å². The zero-order valence-corrected chi connectivity index (χ0v) is 22.3. The molecule has 3 aromatic rings. The predicted octanol–water partition coefficient (Wildman–Crippen LogP) is 1.77. The maximum atomic E-state index is 13.8. The van der Waals surface area contributed by atoms with Crippen molar-refractivity contribution in [2.75, 3.05) is 25.0 Å². The summed E-state index contributed by atoms with van der Waals surface area (Å²) in [6.07, 6.45) is 4.63. The predicted molar refractivity (Wildman–Crippen MR) is 137 cm³/mol. The van der Waals surface area contributed by atoms with Gasteiger partial charge in [-0.15, -0.1) is 0 Å². The van der Waals surface area contributed by atoms with E-state index in [1.165, 1.54) is 18.7 Å². The molecule has 2 aliphatic rings. The van der Waals surface area contributed by atoms with Crippen molar-refractivity contribution >= 4 is 17.6 Å². The number of halogens is 2. The first-order valence-corrected chi connectivity index (χ1v) is 12.9. The van der Waals surface area contributed by atoms with Gasteiger partial charge in [0.2, 0.25) is 11.8 Å². The fourth-order valence-electron chi connectivity index (χ4n) is 5.09. The Kier molecular flexibility index (Phi) is 7.23. The third-order valence-electron chi connectivity index (χ3n) is 7.36. The highest BCUT2D eigenvalue weighted by atomic mass is 19.1. The minimum Gasteiger partial charge on any atom is -0.434 e. The van der Waals surface area contributed by atoms with E-state index in [4.69, 9.17) is 4.74 Å². The van der Waals surface area contributed by atoms with Gasteiger partial charge in [0.25, 0.3) is 5.91 Å². The van der Waals surface area contributed by atoms with Gasteiger partial charge in [-0.2, -0.15) is 5.10 Å². The summed E-state index contributed by atoms with van der Waals surface area (Å²) in [5, 5.41) is 18.0. The van der Waals surface area contributed by atoms with Gasteiger partial charge in [-0.25, -0.2) is 28.4 Å². The molecule has 0 radical (unpaired) electrons. The number of hydrogen-bond donors (Lipinski definition) is 2. The number of aliphatic hydroxyl groups is 1. The Bertz CT molecular complexity index is 1420. The molecular weight excluding hydrogens is 526 g/mol. The fourth-order valence-corrected chi connectivity index (χ4v) is 5.09. The average molecular weight is 557 g/mol. The van der Waals surface area contributed by atoms with Crippen LogP contribution in [0.25, 0.3) is 0 Å². The second-order valence-corrected chi connectivity index (χ2v) is 10.7. The SMILES string of the molecule is C[C@H](C(=O)Nc1cnc(Oc2ccc(F)cc2F)cn1)N1CCN(C(=O)[C@]2(O)CCc3ncnn3C2)C(C)(C)C1. The van der Waals surface area contributed by atoms with Crippen LogP contribution in [0, 0.1) is 11.6 Å². The van der Waals surface area contributed by atoms with E-state index < -0.39 is 28.8 Å². The highest BCUT2D eigenvalue weighted by molar-refractivity contribution is 5.93. The molecule has 2 amide bonds. The summed E-state index contributed by atoms with van der Waals surface area (Å²) in [5.74, 6) is -1.61. The largest absolute Gasteiger partial charge is 0.434 e. The molecule has 0 saturated carbocycles. The Labute approximate surface area is 229 Å². The number of hydrogen-bond acceptors (Lipinski definition) is 9. The third-order valence-corrected chi connectivity index (χ3v) is 7.36. The number of aromatic nitrogens is 5. The molecular formula is C26H30F2N8O4. The highest BCUT2D eigenvalue weighted by Crippen LogP contribution is 2.30. The molecule has 2 atom stereocenters. The van der Waals surface area contributed by atoms with Crippen LogP contribution in [-0.4, -0.2) is 88.3 Å². The minimum absolute atomic E-state index is 0.0289. The summed E-state index contributed by atoms with van der Waals surface area (Å²) in [6.45, 7) is 6.79. The van der Waals surface area contributed by atoms with Gasteiger partial charge in [0, 0.05) is 32.1 Å². The quantitative estimate of drug-likeness (QED) is 0.465. The molecule has 12 nitrogen and oxygen atoms in total. The molecule has 2 N–H and O–H groups in total. The molecule has 2 aromatic heterocycles. The fraction of sp³-hybridized carbons (Fsp3) is 0.462. The number of piperazine rings is 1. The third kappa shape index (κ3) is 5.49. The van der Waals surface area contributed by atoms with Gasteiger partial charge in [-0.05, 0) is 39.3 Å². The minimum atomic E-state index is -1.57. The van der Waals surface area contributed by atoms with Crippen molar-refractivity contribution in [1.29, 1.82) is 0 Å². The van der Waals surface area contributed by atoms with Crippen LogP contribution in [0.4, 0.5) is 14.6 Å². The molecule has 0 unspecified atom stereocenters. The lowest BCUT2D eigenvalue weighted by molar-refractivity contribution is -0.165. The van der Waals surface area contributed by atoms with Gasteiger partial charge >= 0.3 is 0 Å². The smallest absolute Gasteiger partial charge is 0.257 e. The molecule has 1 aromatic carbocycles. The van der Waals surface area contributed by atoms with E-state index in [1.54, 1.807) is 16.5 Å². The van der Waals surface area contributed by atoms with E-state index in [0.717, 1.165) is 18.0 Å². The lowest BCUT2D eigenvalue weighted by Crippen LogP contribution is -2.67. The van der Waals surface area contributed by atoms with Crippen molar-refractivity contribution in [3.63, 3.8) is 0 Å². The molecule has 1 fully saturated rings. The summed E-state index contributed by atoms with van der Waals surface area (Å²) >= 11 is 0. The van der Waals surface area contributed by atoms with Crippen LogP contribution in [-0.2, 0) is 22.6 Å².